The summed E-state index contributed by atoms with van der Waals surface area (Å²) in [5.41, 5.74) is 1.45. The molecule has 1 aromatic carbocycles. The second-order valence-corrected chi connectivity index (χ2v) is 4.97. The SMILES string of the molecule is Brc1cccc(OCCNc2ncnc3nc[nH]c23)c1. The number of halogens is 1. The molecule has 0 amide bonds. The standard InChI is InChI=1S/C13H12BrN5O/c14-9-2-1-3-10(6-9)20-5-4-15-12-11-13(17-7-16-11)19-8-18-12/h1-3,6-8H,4-5H2,(H2,15,16,17,18,19). The Morgan fingerprint density at radius 1 is 1.25 bits per heavy atom. The fourth-order valence-electron chi connectivity index (χ4n) is 1.79. The topological polar surface area (TPSA) is 75.7 Å². The number of nitrogens with zero attached hydrogens (tertiary/aromatic N) is 3. The van der Waals surface area contributed by atoms with Crippen molar-refractivity contribution in [3.8, 4) is 5.75 Å². The van der Waals surface area contributed by atoms with Gasteiger partial charge in [0.25, 0.3) is 0 Å². The molecule has 3 aromatic rings. The number of anilines is 1. The molecule has 0 radical (unpaired) electrons. The zero-order chi connectivity index (χ0) is 13.8. The molecule has 3 rings (SSSR count). The Labute approximate surface area is 123 Å². The first-order valence-corrected chi connectivity index (χ1v) is 6.88. The van der Waals surface area contributed by atoms with Gasteiger partial charge in [-0.25, -0.2) is 15.0 Å². The van der Waals surface area contributed by atoms with Gasteiger partial charge in [0.1, 0.15) is 24.2 Å². The Bertz CT molecular complexity index is 715. The lowest BCUT2D eigenvalue weighted by molar-refractivity contribution is 0.332. The first kappa shape index (κ1) is 12.9. The van der Waals surface area contributed by atoms with Gasteiger partial charge in [-0.3, -0.25) is 0 Å². The van der Waals surface area contributed by atoms with Crippen LogP contribution in [0.1, 0.15) is 0 Å². The van der Waals surface area contributed by atoms with Crippen LogP contribution in [0.4, 0.5) is 5.82 Å². The summed E-state index contributed by atoms with van der Waals surface area (Å²) < 4.78 is 6.64. The first-order valence-electron chi connectivity index (χ1n) is 6.09. The molecule has 2 aromatic heterocycles. The number of benzene rings is 1. The summed E-state index contributed by atoms with van der Waals surface area (Å²) in [5.74, 6) is 1.56. The number of H-pyrrole nitrogens is 1. The first-order chi connectivity index (χ1) is 9.83. The number of ether oxygens (including phenoxy) is 1. The average molecular weight is 334 g/mol. The molecule has 0 aliphatic carbocycles. The summed E-state index contributed by atoms with van der Waals surface area (Å²) in [4.78, 5) is 15.3. The van der Waals surface area contributed by atoms with E-state index in [4.69, 9.17) is 4.74 Å². The van der Waals surface area contributed by atoms with Crippen LogP contribution in [-0.2, 0) is 0 Å². The summed E-state index contributed by atoms with van der Waals surface area (Å²) in [5, 5.41) is 3.20. The predicted octanol–water partition coefficient (Wildman–Crippen LogP) is 2.61. The van der Waals surface area contributed by atoms with Crippen molar-refractivity contribution in [1.29, 1.82) is 0 Å². The molecule has 0 bridgehead atoms. The third-order valence-electron chi connectivity index (χ3n) is 2.68. The maximum Gasteiger partial charge on any atom is 0.182 e. The molecule has 0 saturated carbocycles. The molecule has 0 aliphatic heterocycles. The highest BCUT2D eigenvalue weighted by molar-refractivity contribution is 9.10. The van der Waals surface area contributed by atoms with E-state index >= 15 is 0 Å². The molecule has 0 spiro atoms. The lowest BCUT2D eigenvalue weighted by Gasteiger charge is -2.08. The fraction of sp³-hybridized carbons (Fsp3) is 0.154. The van der Waals surface area contributed by atoms with Crippen LogP contribution in [0.5, 0.6) is 5.75 Å². The molecule has 0 atom stereocenters. The molecule has 0 fully saturated rings. The monoisotopic (exact) mass is 333 g/mol. The maximum atomic E-state index is 5.64. The van der Waals surface area contributed by atoms with Gasteiger partial charge in [-0.1, -0.05) is 22.0 Å². The molecule has 2 N–H and O–H groups in total. The molecular formula is C13H12BrN5O. The van der Waals surface area contributed by atoms with E-state index in [0.717, 1.165) is 21.6 Å². The minimum Gasteiger partial charge on any atom is -0.492 e. The minimum absolute atomic E-state index is 0.538. The van der Waals surface area contributed by atoms with Crippen LogP contribution in [0, 0.1) is 0 Å². The van der Waals surface area contributed by atoms with Gasteiger partial charge >= 0.3 is 0 Å². The van der Waals surface area contributed by atoms with Crippen LogP contribution in [0.2, 0.25) is 0 Å². The van der Waals surface area contributed by atoms with E-state index in [9.17, 15) is 0 Å². The van der Waals surface area contributed by atoms with Gasteiger partial charge < -0.3 is 15.0 Å². The summed E-state index contributed by atoms with van der Waals surface area (Å²) in [6.07, 6.45) is 3.09. The number of aromatic nitrogens is 4. The number of hydrogen-bond donors (Lipinski definition) is 2. The van der Waals surface area contributed by atoms with Crippen molar-refractivity contribution >= 4 is 32.9 Å². The van der Waals surface area contributed by atoms with Crippen molar-refractivity contribution in [3.05, 3.63) is 41.4 Å². The summed E-state index contributed by atoms with van der Waals surface area (Å²) in [6, 6.07) is 7.74. The maximum absolute atomic E-state index is 5.64. The summed E-state index contributed by atoms with van der Waals surface area (Å²) in [6.45, 7) is 1.17. The van der Waals surface area contributed by atoms with Crippen molar-refractivity contribution in [2.45, 2.75) is 0 Å². The van der Waals surface area contributed by atoms with Gasteiger partial charge in [0, 0.05) is 4.47 Å². The molecular weight excluding hydrogens is 322 g/mol. The molecule has 0 aliphatic rings. The molecule has 7 heteroatoms. The Morgan fingerprint density at radius 2 is 2.20 bits per heavy atom. The molecule has 0 unspecified atom stereocenters. The smallest absolute Gasteiger partial charge is 0.182 e. The van der Waals surface area contributed by atoms with Crippen LogP contribution < -0.4 is 10.1 Å². The van der Waals surface area contributed by atoms with E-state index in [0.29, 0.717) is 18.8 Å². The number of rotatable bonds is 5. The van der Waals surface area contributed by atoms with Crippen molar-refractivity contribution in [1.82, 2.24) is 19.9 Å². The zero-order valence-electron chi connectivity index (χ0n) is 10.5. The Hall–Kier alpha value is -2.15. The second kappa shape index (κ2) is 5.87. The van der Waals surface area contributed by atoms with Crippen molar-refractivity contribution in [3.63, 3.8) is 0 Å². The highest BCUT2D eigenvalue weighted by Crippen LogP contribution is 2.18. The zero-order valence-corrected chi connectivity index (χ0v) is 12.1. The Balaban J connectivity index is 1.56. The molecule has 102 valence electrons. The van der Waals surface area contributed by atoms with E-state index in [1.54, 1.807) is 6.33 Å². The Kier molecular flexibility index (Phi) is 3.78. The van der Waals surface area contributed by atoms with Crippen LogP contribution in [0.3, 0.4) is 0 Å². The van der Waals surface area contributed by atoms with E-state index in [1.165, 1.54) is 6.33 Å². The quantitative estimate of drug-likeness (QED) is 0.702. The van der Waals surface area contributed by atoms with Crippen LogP contribution >= 0.6 is 15.9 Å². The number of aromatic amines is 1. The van der Waals surface area contributed by atoms with E-state index in [1.807, 2.05) is 24.3 Å². The number of nitrogens with one attached hydrogen (secondary N) is 2. The average Bonchev–Trinajstić information content (AvgIpc) is 2.93. The molecule has 0 saturated heterocycles. The van der Waals surface area contributed by atoms with Crippen molar-refractivity contribution in [2.24, 2.45) is 0 Å². The van der Waals surface area contributed by atoms with E-state index < -0.39 is 0 Å². The predicted molar refractivity (Wildman–Crippen MR) is 79.8 cm³/mol. The van der Waals surface area contributed by atoms with Crippen LogP contribution in [0.25, 0.3) is 11.2 Å². The highest BCUT2D eigenvalue weighted by atomic mass is 79.9. The minimum atomic E-state index is 0.538. The normalized spacial score (nSPS) is 10.7. The largest absolute Gasteiger partial charge is 0.492 e. The van der Waals surface area contributed by atoms with Crippen LogP contribution in [0.15, 0.2) is 41.4 Å². The lowest BCUT2D eigenvalue weighted by Crippen LogP contribution is -2.12. The number of fused-ring (bicyclic) bond motifs is 1. The highest BCUT2D eigenvalue weighted by Gasteiger charge is 2.04. The summed E-state index contributed by atoms with van der Waals surface area (Å²) >= 11 is 3.41. The molecule has 6 nitrogen and oxygen atoms in total. The third kappa shape index (κ3) is 2.88. The van der Waals surface area contributed by atoms with Gasteiger partial charge in [-0.2, -0.15) is 0 Å². The Morgan fingerprint density at radius 3 is 3.10 bits per heavy atom. The van der Waals surface area contributed by atoms with Gasteiger partial charge in [0.15, 0.2) is 11.5 Å². The summed E-state index contributed by atoms with van der Waals surface area (Å²) in [7, 11) is 0. The van der Waals surface area contributed by atoms with E-state index in [-0.39, 0.29) is 0 Å². The fourth-order valence-corrected chi connectivity index (χ4v) is 2.17. The van der Waals surface area contributed by atoms with Crippen molar-refractivity contribution < 1.29 is 4.74 Å². The number of hydrogen-bond acceptors (Lipinski definition) is 5. The van der Waals surface area contributed by atoms with Crippen LogP contribution in [-0.4, -0.2) is 33.1 Å². The van der Waals surface area contributed by atoms with Gasteiger partial charge in [-0.15, -0.1) is 0 Å². The van der Waals surface area contributed by atoms with Gasteiger partial charge in [0.05, 0.1) is 12.9 Å². The lowest BCUT2D eigenvalue weighted by atomic mass is 10.3. The van der Waals surface area contributed by atoms with Gasteiger partial charge in [-0.05, 0) is 18.2 Å². The number of imidazole rings is 1. The van der Waals surface area contributed by atoms with E-state index in [2.05, 4.69) is 41.2 Å². The van der Waals surface area contributed by atoms with Crippen molar-refractivity contribution in [2.75, 3.05) is 18.5 Å². The second-order valence-electron chi connectivity index (χ2n) is 4.06. The molecule has 20 heavy (non-hydrogen) atoms. The van der Waals surface area contributed by atoms with Gasteiger partial charge in [0.2, 0.25) is 0 Å². The molecule has 2 heterocycles. The third-order valence-corrected chi connectivity index (χ3v) is 3.18.